The first-order valence-electron chi connectivity index (χ1n) is 7.79. The van der Waals surface area contributed by atoms with Crippen molar-refractivity contribution in [2.45, 2.75) is 84.6 Å². The first kappa shape index (κ1) is 13.4. The molecule has 1 atom stereocenters. The van der Waals surface area contributed by atoms with Crippen LogP contribution in [0.1, 0.15) is 78.6 Å². The Bertz CT molecular complexity index is 240. The van der Waals surface area contributed by atoms with Crippen molar-refractivity contribution in [1.82, 2.24) is 5.32 Å². The molecule has 0 spiro atoms. The Morgan fingerprint density at radius 2 is 1.82 bits per heavy atom. The molecular formula is C16H31N. The molecule has 0 heterocycles. The van der Waals surface area contributed by atoms with Gasteiger partial charge in [0.2, 0.25) is 0 Å². The average molecular weight is 237 g/mol. The maximum absolute atomic E-state index is 3.89. The van der Waals surface area contributed by atoms with Gasteiger partial charge < -0.3 is 5.32 Å². The summed E-state index contributed by atoms with van der Waals surface area (Å²) < 4.78 is 0. The summed E-state index contributed by atoms with van der Waals surface area (Å²) in [4.78, 5) is 0. The summed E-state index contributed by atoms with van der Waals surface area (Å²) in [5.41, 5.74) is 1.31. The maximum atomic E-state index is 3.89. The van der Waals surface area contributed by atoms with Gasteiger partial charge in [0.25, 0.3) is 0 Å². The van der Waals surface area contributed by atoms with Gasteiger partial charge in [0.05, 0.1) is 0 Å². The smallest absolute Gasteiger partial charge is 0.00675 e. The van der Waals surface area contributed by atoms with Crippen molar-refractivity contribution < 1.29 is 0 Å². The van der Waals surface area contributed by atoms with E-state index in [1.807, 2.05) is 0 Å². The molecule has 0 bridgehead atoms. The van der Waals surface area contributed by atoms with E-state index in [1.54, 1.807) is 0 Å². The van der Waals surface area contributed by atoms with Gasteiger partial charge in [-0.2, -0.15) is 0 Å². The van der Waals surface area contributed by atoms with Gasteiger partial charge in [-0.3, -0.25) is 0 Å². The van der Waals surface area contributed by atoms with Crippen LogP contribution in [0, 0.1) is 10.8 Å². The van der Waals surface area contributed by atoms with E-state index in [0.717, 1.165) is 11.5 Å². The molecule has 1 heteroatoms. The van der Waals surface area contributed by atoms with Gasteiger partial charge in [0.15, 0.2) is 0 Å². The molecule has 1 nitrogen and oxygen atoms in total. The molecule has 0 aromatic heterocycles. The number of rotatable bonds is 5. The van der Waals surface area contributed by atoms with Crippen LogP contribution in [-0.4, -0.2) is 12.6 Å². The number of hydrogen-bond donors (Lipinski definition) is 1. The average Bonchev–Trinajstić information content (AvgIpc) is 3.03. The second-order valence-corrected chi connectivity index (χ2v) is 7.42. The third kappa shape index (κ3) is 3.98. The molecule has 2 aliphatic rings. The predicted octanol–water partition coefficient (Wildman–Crippen LogP) is 4.52. The van der Waals surface area contributed by atoms with Crippen LogP contribution in [0.5, 0.6) is 0 Å². The first-order chi connectivity index (χ1) is 8.05. The lowest BCUT2D eigenvalue weighted by molar-refractivity contribution is 0.306. The van der Waals surface area contributed by atoms with Crippen molar-refractivity contribution in [2.75, 3.05) is 6.54 Å². The Hall–Kier alpha value is -0.0400. The zero-order valence-electron chi connectivity index (χ0n) is 12.1. The minimum Gasteiger partial charge on any atom is -0.313 e. The van der Waals surface area contributed by atoms with E-state index in [0.29, 0.717) is 5.41 Å². The molecule has 0 aromatic rings. The Morgan fingerprint density at radius 3 is 2.47 bits per heavy atom. The second kappa shape index (κ2) is 5.30. The second-order valence-electron chi connectivity index (χ2n) is 7.42. The van der Waals surface area contributed by atoms with E-state index in [2.05, 4.69) is 26.1 Å². The maximum Gasteiger partial charge on any atom is 0.00675 e. The highest BCUT2D eigenvalue weighted by atomic mass is 14.9. The van der Waals surface area contributed by atoms with Gasteiger partial charge in [-0.05, 0) is 55.8 Å². The molecular weight excluding hydrogens is 206 g/mol. The normalized spacial score (nSPS) is 30.9. The van der Waals surface area contributed by atoms with Crippen molar-refractivity contribution in [3.63, 3.8) is 0 Å². The minimum absolute atomic E-state index is 0.594. The molecule has 0 saturated heterocycles. The lowest BCUT2D eigenvalue weighted by atomic mass is 9.85. The van der Waals surface area contributed by atoms with E-state index >= 15 is 0 Å². The highest BCUT2D eigenvalue weighted by Gasteiger charge is 2.41. The van der Waals surface area contributed by atoms with E-state index in [-0.39, 0.29) is 0 Å². The topological polar surface area (TPSA) is 12.0 Å². The van der Waals surface area contributed by atoms with E-state index in [1.165, 1.54) is 64.3 Å². The van der Waals surface area contributed by atoms with Crippen molar-refractivity contribution in [1.29, 1.82) is 0 Å². The lowest BCUT2D eigenvalue weighted by Gasteiger charge is -2.23. The van der Waals surface area contributed by atoms with Gasteiger partial charge in [0.1, 0.15) is 0 Å². The monoisotopic (exact) mass is 237 g/mol. The van der Waals surface area contributed by atoms with Crippen LogP contribution < -0.4 is 5.32 Å². The molecule has 2 aliphatic carbocycles. The quantitative estimate of drug-likeness (QED) is 0.693. The third-order valence-corrected chi connectivity index (χ3v) is 5.08. The summed E-state index contributed by atoms with van der Waals surface area (Å²) in [7, 11) is 0. The molecule has 0 amide bonds. The van der Waals surface area contributed by atoms with Gasteiger partial charge >= 0.3 is 0 Å². The van der Waals surface area contributed by atoms with E-state index in [9.17, 15) is 0 Å². The fourth-order valence-corrected chi connectivity index (χ4v) is 3.45. The molecule has 1 unspecified atom stereocenters. The van der Waals surface area contributed by atoms with Crippen LogP contribution in [0.25, 0.3) is 0 Å². The largest absolute Gasteiger partial charge is 0.313 e. The van der Waals surface area contributed by atoms with Gasteiger partial charge in [-0.25, -0.2) is 0 Å². The molecule has 2 saturated carbocycles. The highest BCUT2D eigenvalue weighted by molar-refractivity contribution is 4.95. The third-order valence-electron chi connectivity index (χ3n) is 5.08. The molecule has 17 heavy (non-hydrogen) atoms. The Morgan fingerprint density at radius 1 is 1.06 bits per heavy atom. The molecule has 100 valence electrons. The summed E-state index contributed by atoms with van der Waals surface area (Å²) >= 11 is 0. The molecule has 2 fully saturated rings. The van der Waals surface area contributed by atoms with Crippen molar-refractivity contribution >= 4 is 0 Å². The highest BCUT2D eigenvalue weighted by Crippen LogP contribution is 2.49. The fraction of sp³-hybridized carbons (Fsp3) is 1.00. The van der Waals surface area contributed by atoms with Crippen LogP contribution in [0.3, 0.4) is 0 Å². The van der Waals surface area contributed by atoms with Crippen LogP contribution in [0.15, 0.2) is 0 Å². The van der Waals surface area contributed by atoms with E-state index in [4.69, 9.17) is 0 Å². The molecule has 2 rings (SSSR count). The number of nitrogens with one attached hydrogen (secondary N) is 1. The van der Waals surface area contributed by atoms with Crippen LogP contribution >= 0.6 is 0 Å². The summed E-state index contributed by atoms with van der Waals surface area (Å²) in [6.07, 6.45) is 12.8. The zero-order valence-corrected chi connectivity index (χ0v) is 12.1. The summed E-state index contributed by atoms with van der Waals surface area (Å²) in [6.45, 7) is 8.50. The summed E-state index contributed by atoms with van der Waals surface area (Å²) in [6, 6.07) is 0.811. The molecule has 0 aliphatic heterocycles. The minimum atomic E-state index is 0.594. The zero-order chi connectivity index (χ0) is 12.4. The van der Waals surface area contributed by atoms with Gasteiger partial charge in [-0.1, -0.05) is 33.6 Å². The Kier molecular flexibility index (Phi) is 4.18. The summed E-state index contributed by atoms with van der Waals surface area (Å²) in [5, 5.41) is 3.89. The predicted molar refractivity (Wildman–Crippen MR) is 75.2 cm³/mol. The van der Waals surface area contributed by atoms with Crippen molar-refractivity contribution in [3.8, 4) is 0 Å². The van der Waals surface area contributed by atoms with Gasteiger partial charge in [-0.15, -0.1) is 0 Å². The molecule has 1 N–H and O–H groups in total. The fourth-order valence-electron chi connectivity index (χ4n) is 3.45. The standard InChI is InChI=1S/C16H31N/c1-4-8-16(11-12-16)13-17-14-6-5-9-15(2,3)10-7-14/h14,17H,4-13H2,1-3H3. The van der Waals surface area contributed by atoms with Crippen molar-refractivity contribution in [3.05, 3.63) is 0 Å². The lowest BCUT2D eigenvalue weighted by Crippen LogP contribution is -2.34. The van der Waals surface area contributed by atoms with Crippen molar-refractivity contribution in [2.24, 2.45) is 10.8 Å². The SMILES string of the molecule is CCCC1(CNC2CCCC(C)(C)CC2)CC1. The van der Waals surface area contributed by atoms with Gasteiger partial charge in [0, 0.05) is 12.6 Å². The Balaban J connectivity index is 1.72. The summed E-state index contributed by atoms with van der Waals surface area (Å²) in [5.74, 6) is 0. The van der Waals surface area contributed by atoms with Crippen LogP contribution in [-0.2, 0) is 0 Å². The Labute approximate surface area is 108 Å². The first-order valence-corrected chi connectivity index (χ1v) is 7.79. The number of hydrogen-bond acceptors (Lipinski definition) is 1. The van der Waals surface area contributed by atoms with E-state index < -0.39 is 0 Å². The molecule has 0 radical (unpaired) electrons. The van der Waals surface area contributed by atoms with Crippen LogP contribution in [0.4, 0.5) is 0 Å². The van der Waals surface area contributed by atoms with Crippen LogP contribution in [0.2, 0.25) is 0 Å². The molecule has 0 aromatic carbocycles.